The van der Waals surface area contributed by atoms with Crippen molar-refractivity contribution in [3.63, 3.8) is 0 Å². The van der Waals surface area contributed by atoms with Gasteiger partial charge in [-0.25, -0.2) is 17.5 Å². The Morgan fingerprint density at radius 3 is 2.10 bits per heavy atom. The number of benzene rings is 1. The molecule has 0 aliphatic heterocycles. The number of sulfonamides is 1. The van der Waals surface area contributed by atoms with Crippen LogP contribution in [0.25, 0.3) is 0 Å². The van der Waals surface area contributed by atoms with Crippen molar-refractivity contribution in [2.75, 3.05) is 26.2 Å². The summed E-state index contributed by atoms with van der Waals surface area (Å²) in [5.41, 5.74) is 0.857. The highest BCUT2D eigenvalue weighted by molar-refractivity contribution is 7.89. The van der Waals surface area contributed by atoms with Crippen molar-refractivity contribution in [2.45, 2.75) is 32.6 Å². The summed E-state index contributed by atoms with van der Waals surface area (Å²) >= 11 is 0. The molecule has 0 aliphatic rings. The standard InChI is InChI=1S/C14H23FN2O2S/c1-5-17(6-2)8-7-16-20(18,19)14-11(3)9-13(15)10-12(14)4/h9-10,16H,5-8H2,1-4H3. The van der Waals surface area contributed by atoms with E-state index < -0.39 is 15.8 Å². The third-order valence-electron chi connectivity index (χ3n) is 3.31. The third kappa shape index (κ3) is 4.26. The first-order valence-electron chi connectivity index (χ1n) is 6.80. The van der Waals surface area contributed by atoms with Gasteiger partial charge in [-0.3, -0.25) is 0 Å². The Labute approximate surface area is 121 Å². The average Bonchev–Trinajstić information content (AvgIpc) is 2.32. The molecule has 0 radical (unpaired) electrons. The van der Waals surface area contributed by atoms with Gasteiger partial charge in [-0.2, -0.15) is 0 Å². The molecule has 0 amide bonds. The van der Waals surface area contributed by atoms with Crippen LogP contribution in [0.4, 0.5) is 4.39 Å². The summed E-state index contributed by atoms with van der Waals surface area (Å²) in [5.74, 6) is -0.415. The number of hydrogen-bond acceptors (Lipinski definition) is 3. The zero-order chi connectivity index (χ0) is 15.3. The van der Waals surface area contributed by atoms with Crippen LogP contribution in [0.3, 0.4) is 0 Å². The van der Waals surface area contributed by atoms with E-state index in [4.69, 9.17) is 0 Å². The van der Waals surface area contributed by atoms with E-state index in [2.05, 4.69) is 9.62 Å². The van der Waals surface area contributed by atoms with Crippen LogP contribution in [0, 0.1) is 19.7 Å². The van der Waals surface area contributed by atoms with E-state index >= 15 is 0 Å². The molecule has 0 atom stereocenters. The fraction of sp³-hybridized carbons (Fsp3) is 0.571. The van der Waals surface area contributed by atoms with Gasteiger partial charge in [0.15, 0.2) is 0 Å². The Morgan fingerprint density at radius 2 is 1.65 bits per heavy atom. The molecule has 1 aromatic carbocycles. The Morgan fingerprint density at radius 1 is 1.15 bits per heavy atom. The first-order valence-corrected chi connectivity index (χ1v) is 8.28. The third-order valence-corrected chi connectivity index (χ3v) is 5.07. The molecule has 0 spiro atoms. The van der Waals surface area contributed by atoms with Crippen LogP contribution >= 0.6 is 0 Å². The predicted octanol–water partition coefficient (Wildman–Crippen LogP) is 2.06. The minimum absolute atomic E-state index is 0.179. The fourth-order valence-corrected chi connectivity index (χ4v) is 3.74. The highest BCUT2D eigenvalue weighted by Crippen LogP contribution is 2.20. The monoisotopic (exact) mass is 302 g/mol. The normalized spacial score (nSPS) is 12.1. The fourth-order valence-electron chi connectivity index (χ4n) is 2.27. The maximum Gasteiger partial charge on any atom is 0.241 e. The van der Waals surface area contributed by atoms with E-state index in [-0.39, 0.29) is 4.90 Å². The quantitative estimate of drug-likeness (QED) is 0.839. The average molecular weight is 302 g/mol. The number of rotatable bonds is 7. The van der Waals surface area contributed by atoms with Crippen molar-refractivity contribution < 1.29 is 12.8 Å². The summed E-state index contributed by atoms with van der Waals surface area (Å²) in [6, 6.07) is 2.48. The minimum Gasteiger partial charge on any atom is -0.303 e. The lowest BCUT2D eigenvalue weighted by molar-refractivity contribution is 0.309. The molecule has 4 nitrogen and oxygen atoms in total. The molecular weight excluding hydrogens is 279 g/mol. The molecule has 0 aliphatic carbocycles. The molecule has 1 aromatic rings. The molecule has 1 rings (SSSR count). The lowest BCUT2D eigenvalue weighted by Crippen LogP contribution is -2.35. The molecular formula is C14H23FN2O2S. The van der Waals surface area contributed by atoms with Gasteiger partial charge in [0.25, 0.3) is 0 Å². The molecule has 0 saturated carbocycles. The topological polar surface area (TPSA) is 49.4 Å². The first kappa shape index (κ1) is 17.1. The number of nitrogens with zero attached hydrogens (tertiary/aromatic N) is 1. The Kier molecular flexibility index (Phi) is 6.10. The van der Waals surface area contributed by atoms with E-state index in [1.165, 1.54) is 12.1 Å². The van der Waals surface area contributed by atoms with Crippen LogP contribution in [-0.4, -0.2) is 39.5 Å². The van der Waals surface area contributed by atoms with Gasteiger partial charge in [0.1, 0.15) is 5.82 Å². The molecule has 0 bridgehead atoms. The molecule has 1 N–H and O–H groups in total. The highest BCUT2D eigenvalue weighted by Gasteiger charge is 2.20. The lowest BCUT2D eigenvalue weighted by Gasteiger charge is -2.18. The zero-order valence-corrected chi connectivity index (χ0v) is 13.3. The second-order valence-electron chi connectivity index (χ2n) is 4.79. The molecule has 20 heavy (non-hydrogen) atoms. The van der Waals surface area contributed by atoms with Crippen LogP contribution < -0.4 is 4.72 Å². The number of likely N-dealkylation sites (N-methyl/N-ethyl adjacent to an activating group) is 1. The zero-order valence-electron chi connectivity index (χ0n) is 12.5. The van der Waals surface area contributed by atoms with Crippen LogP contribution in [0.2, 0.25) is 0 Å². The molecule has 0 fully saturated rings. The Hall–Kier alpha value is -0.980. The van der Waals surface area contributed by atoms with Crippen molar-refractivity contribution >= 4 is 10.0 Å². The van der Waals surface area contributed by atoms with Crippen LogP contribution in [0.5, 0.6) is 0 Å². The van der Waals surface area contributed by atoms with Gasteiger partial charge in [0.05, 0.1) is 4.90 Å². The predicted molar refractivity (Wildman–Crippen MR) is 78.9 cm³/mol. The molecule has 0 heterocycles. The number of hydrogen-bond donors (Lipinski definition) is 1. The summed E-state index contributed by atoms with van der Waals surface area (Å²) in [7, 11) is -3.59. The molecule has 6 heteroatoms. The summed E-state index contributed by atoms with van der Waals surface area (Å²) in [6.07, 6.45) is 0. The van der Waals surface area contributed by atoms with E-state index in [0.717, 1.165) is 13.1 Å². The minimum atomic E-state index is -3.59. The maximum atomic E-state index is 13.2. The second-order valence-corrected chi connectivity index (χ2v) is 6.50. The van der Waals surface area contributed by atoms with Crippen LogP contribution in [-0.2, 0) is 10.0 Å². The Bertz CT molecular complexity index is 531. The van der Waals surface area contributed by atoms with Gasteiger partial charge < -0.3 is 4.90 Å². The van der Waals surface area contributed by atoms with Crippen molar-refractivity contribution in [2.24, 2.45) is 0 Å². The van der Waals surface area contributed by atoms with Crippen LogP contribution in [0.1, 0.15) is 25.0 Å². The van der Waals surface area contributed by atoms with Gasteiger partial charge in [-0.15, -0.1) is 0 Å². The summed E-state index contributed by atoms with van der Waals surface area (Å²) in [5, 5.41) is 0. The number of nitrogens with one attached hydrogen (secondary N) is 1. The molecule has 114 valence electrons. The smallest absolute Gasteiger partial charge is 0.241 e. The van der Waals surface area contributed by atoms with Gasteiger partial charge in [-0.05, 0) is 50.2 Å². The van der Waals surface area contributed by atoms with Crippen LogP contribution in [0.15, 0.2) is 17.0 Å². The highest BCUT2D eigenvalue weighted by atomic mass is 32.2. The van der Waals surface area contributed by atoms with Gasteiger partial charge in [0, 0.05) is 13.1 Å². The van der Waals surface area contributed by atoms with E-state index in [0.29, 0.717) is 24.2 Å². The van der Waals surface area contributed by atoms with E-state index in [9.17, 15) is 12.8 Å². The molecule has 0 unspecified atom stereocenters. The van der Waals surface area contributed by atoms with Gasteiger partial charge in [0.2, 0.25) is 10.0 Å². The lowest BCUT2D eigenvalue weighted by atomic mass is 10.1. The summed E-state index contributed by atoms with van der Waals surface area (Å²) < 4.78 is 40.4. The first-order chi connectivity index (χ1) is 9.31. The van der Waals surface area contributed by atoms with Crippen molar-refractivity contribution in [3.8, 4) is 0 Å². The largest absolute Gasteiger partial charge is 0.303 e. The Balaban J connectivity index is 2.85. The summed E-state index contributed by atoms with van der Waals surface area (Å²) in [6.45, 7) is 10.0. The van der Waals surface area contributed by atoms with Gasteiger partial charge in [-0.1, -0.05) is 13.8 Å². The summed E-state index contributed by atoms with van der Waals surface area (Å²) in [4.78, 5) is 2.31. The van der Waals surface area contributed by atoms with Crippen molar-refractivity contribution in [1.29, 1.82) is 0 Å². The second kappa shape index (κ2) is 7.15. The van der Waals surface area contributed by atoms with E-state index in [1.54, 1.807) is 13.8 Å². The number of halogens is 1. The SMILES string of the molecule is CCN(CC)CCNS(=O)(=O)c1c(C)cc(F)cc1C. The maximum absolute atomic E-state index is 13.2. The molecule has 0 saturated heterocycles. The van der Waals surface area contributed by atoms with Gasteiger partial charge >= 0.3 is 0 Å². The molecule has 0 aromatic heterocycles. The van der Waals surface area contributed by atoms with E-state index in [1.807, 2.05) is 13.8 Å². The van der Waals surface area contributed by atoms with Crippen molar-refractivity contribution in [1.82, 2.24) is 9.62 Å². The van der Waals surface area contributed by atoms with Crippen molar-refractivity contribution in [3.05, 3.63) is 29.1 Å². The number of aryl methyl sites for hydroxylation is 2.